The lowest BCUT2D eigenvalue weighted by Crippen LogP contribution is -2.17. The molecule has 0 atom stereocenters. The number of aryl methyl sites for hydroxylation is 4. The lowest BCUT2D eigenvalue weighted by atomic mass is 10.1. The maximum atomic E-state index is 2.40. The molecule has 0 saturated heterocycles. The second kappa shape index (κ2) is 7.49. The minimum Gasteiger partial charge on any atom is -0.0776 e. The third-order valence-corrected chi connectivity index (χ3v) is 7.02. The van der Waals surface area contributed by atoms with Gasteiger partial charge >= 0.3 is 0 Å². The number of benzene rings is 2. The van der Waals surface area contributed by atoms with Crippen molar-refractivity contribution in [2.24, 2.45) is 5.92 Å². The molecule has 24 heavy (non-hydrogen) atoms. The highest BCUT2D eigenvalue weighted by atomic mass is 31.1. The Kier molecular flexibility index (Phi) is 5.36. The molecule has 2 aromatic rings. The van der Waals surface area contributed by atoms with E-state index >= 15 is 0 Å². The van der Waals surface area contributed by atoms with Crippen LogP contribution in [0.1, 0.15) is 28.7 Å². The van der Waals surface area contributed by atoms with E-state index in [1.165, 1.54) is 45.4 Å². The molecular weight excluding hydrogens is 307 g/mol. The Morgan fingerprint density at radius 1 is 0.667 bits per heavy atom. The van der Waals surface area contributed by atoms with Crippen molar-refractivity contribution in [3.8, 4) is 0 Å². The highest BCUT2D eigenvalue weighted by Gasteiger charge is 2.17. The normalized spacial score (nSPS) is 14.0. The predicted molar refractivity (Wildman–Crippen MR) is 109 cm³/mol. The summed E-state index contributed by atoms with van der Waals surface area (Å²) in [6, 6.07) is 14.2. The second-order valence-electron chi connectivity index (χ2n) is 7.07. The quantitative estimate of drug-likeness (QED) is 0.635. The number of allylic oxidation sites excluding steroid dienone is 4. The van der Waals surface area contributed by atoms with Gasteiger partial charge in [-0.05, 0) is 64.7 Å². The topological polar surface area (TPSA) is 0 Å². The van der Waals surface area contributed by atoms with Crippen LogP contribution in [0.15, 0.2) is 60.7 Å². The van der Waals surface area contributed by atoms with Gasteiger partial charge in [-0.15, -0.1) is 0 Å². The molecular formula is C23H27P. The maximum Gasteiger partial charge on any atom is -0.00437 e. The van der Waals surface area contributed by atoms with Crippen LogP contribution in [-0.2, 0) is 0 Å². The Bertz CT molecular complexity index is 679. The molecule has 0 unspecified atom stereocenters. The standard InChI is InChI=1S/C23H27P/c1-17-11-18(2)14-22(13-17)24(10-9-21-7-5-6-8-21)23-15-19(3)12-20(4)16-23/h5-8,11-16,21H,9-10H2,1-4H3. The van der Waals surface area contributed by atoms with E-state index < -0.39 is 0 Å². The van der Waals surface area contributed by atoms with Crippen LogP contribution >= 0.6 is 7.92 Å². The predicted octanol–water partition coefficient (Wildman–Crippen LogP) is 5.49. The van der Waals surface area contributed by atoms with Crippen molar-refractivity contribution in [1.82, 2.24) is 0 Å². The van der Waals surface area contributed by atoms with Crippen LogP contribution in [0.3, 0.4) is 0 Å². The molecule has 0 bridgehead atoms. The first kappa shape index (κ1) is 17.2. The van der Waals surface area contributed by atoms with Crippen LogP contribution in [-0.4, -0.2) is 6.16 Å². The van der Waals surface area contributed by atoms with Gasteiger partial charge in [0.1, 0.15) is 0 Å². The second-order valence-corrected chi connectivity index (χ2v) is 9.40. The summed E-state index contributed by atoms with van der Waals surface area (Å²) < 4.78 is 0. The molecule has 3 rings (SSSR count). The molecule has 0 N–H and O–H groups in total. The van der Waals surface area contributed by atoms with E-state index in [9.17, 15) is 0 Å². The van der Waals surface area contributed by atoms with Gasteiger partial charge in [0.05, 0.1) is 0 Å². The average molecular weight is 334 g/mol. The number of rotatable bonds is 5. The molecule has 0 spiro atoms. The van der Waals surface area contributed by atoms with E-state index in [-0.39, 0.29) is 7.92 Å². The number of hydrogen-bond acceptors (Lipinski definition) is 0. The summed E-state index contributed by atoms with van der Waals surface area (Å²) >= 11 is 0. The Labute approximate surface area is 148 Å². The van der Waals surface area contributed by atoms with Crippen LogP contribution in [0.25, 0.3) is 0 Å². The third-order valence-electron chi connectivity index (χ3n) is 4.55. The lowest BCUT2D eigenvalue weighted by Gasteiger charge is -2.22. The van der Waals surface area contributed by atoms with Gasteiger partial charge in [0.15, 0.2) is 0 Å². The van der Waals surface area contributed by atoms with E-state index in [0.717, 1.165) is 0 Å². The van der Waals surface area contributed by atoms with Crippen molar-refractivity contribution in [3.05, 3.63) is 83.0 Å². The first-order chi connectivity index (χ1) is 11.5. The summed E-state index contributed by atoms with van der Waals surface area (Å²) in [6.07, 6.45) is 11.5. The summed E-state index contributed by atoms with van der Waals surface area (Å²) in [5, 5.41) is 3.05. The van der Waals surface area contributed by atoms with Gasteiger partial charge in [-0.1, -0.05) is 83.0 Å². The molecule has 0 saturated carbocycles. The largest absolute Gasteiger partial charge is 0.0776 e. The van der Waals surface area contributed by atoms with Crippen LogP contribution in [0.5, 0.6) is 0 Å². The fourth-order valence-electron chi connectivity index (χ4n) is 3.57. The van der Waals surface area contributed by atoms with E-state index in [1.807, 2.05) is 0 Å². The molecule has 0 aliphatic heterocycles. The van der Waals surface area contributed by atoms with Crippen molar-refractivity contribution in [2.45, 2.75) is 34.1 Å². The van der Waals surface area contributed by atoms with Crippen LogP contribution in [0, 0.1) is 33.6 Å². The zero-order valence-electron chi connectivity index (χ0n) is 15.2. The summed E-state index contributed by atoms with van der Waals surface area (Å²) in [6.45, 7) is 8.86. The van der Waals surface area contributed by atoms with Gasteiger partial charge in [0, 0.05) is 0 Å². The van der Waals surface area contributed by atoms with Crippen molar-refractivity contribution < 1.29 is 0 Å². The van der Waals surface area contributed by atoms with Gasteiger partial charge in [0.2, 0.25) is 0 Å². The van der Waals surface area contributed by atoms with Gasteiger partial charge in [-0.3, -0.25) is 0 Å². The van der Waals surface area contributed by atoms with Crippen LogP contribution in [0.2, 0.25) is 0 Å². The van der Waals surface area contributed by atoms with Crippen molar-refractivity contribution in [2.75, 3.05) is 6.16 Å². The summed E-state index contributed by atoms with van der Waals surface area (Å²) in [5.74, 6) is 0.617. The Morgan fingerprint density at radius 2 is 1.08 bits per heavy atom. The molecule has 0 fully saturated rings. The smallest absolute Gasteiger partial charge is 0.00437 e. The highest BCUT2D eigenvalue weighted by Crippen LogP contribution is 2.37. The first-order valence-corrected chi connectivity index (χ1v) is 10.3. The molecule has 124 valence electrons. The highest BCUT2D eigenvalue weighted by molar-refractivity contribution is 7.73. The Morgan fingerprint density at radius 3 is 1.50 bits per heavy atom. The molecule has 0 aromatic heterocycles. The minimum absolute atomic E-state index is 0.300. The molecule has 0 radical (unpaired) electrons. The molecule has 2 aromatic carbocycles. The Balaban J connectivity index is 1.95. The summed E-state index contributed by atoms with van der Waals surface area (Å²) in [5.41, 5.74) is 5.51. The van der Waals surface area contributed by atoms with Gasteiger partial charge in [-0.25, -0.2) is 0 Å². The fraction of sp³-hybridized carbons (Fsp3) is 0.304. The van der Waals surface area contributed by atoms with E-state index in [4.69, 9.17) is 0 Å². The van der Waals surface area contributed by atoms with Gasteiger partial charge < -0.3 is 0 Å². The van der Waals surface area contributed by atoms with Crippen molar-refractivity contribution >= 4 is 18.5 Å². The van der Waals surface area contributed by atoms with Crippen molar-refractivity contribution in [1.29, 1.82) is 0 Å². The molecule has 1 heteroatoms. The average Bonchev–Trinajstić information content (AvgIpc) is 2.99. The fourth-order valence-corrected chi connectivity index (χ4v) is 6.38. The summed E-state index contributed by atoms with van der Waals surface area (Å²) in [4.78, 5) is 0. The Hall–Kier alpha value is -1.65. The maximum absolute atomic E-state index is 2.40. The van der Waals surface area contributed by atoms with Crippen molar-refractivity contribution in [3.63, 3.8) is 0 Å². The van der Waals surface area contributed by atoms with E-state index in [0.29, 0.717) is 5.92 Å². The van der Waals surface area contributed by atoms with Crippen LogP contribution in [0.4, 0.5) is 0 Å². The molecule has 0 amide bonds. The summed E-state index contributed by atoms with van der Waals surface area (Å²) in [7, 11) is -0.300. The zero-order valence-corrected chi connectivity index (χ0v) is 16.1. The van der Waals surface area contributed by atoms with E-state index in [1.54, 1.807) is 0 Å². The third kappa shape index (κ3) is 4.25. The monoisotopic (exact) mass is 334 g/mol. The minimum atomic E-state index is -0.300. The lowest BCUT2D eigenvalue weighted by molar-refractivity contribution is 0.791. The molecule has 0 heterocycles. The first-order valence-electron chi connectivity index (χ1n) is 8.80. The molecule has 1 aliphatic rings. The van der Waals surface area contributed by atoms with Gasteiger partial charge in [-0.2, -0.15) is 0 Å². The SMILES string of the molecule is Cc1cc(C)cc(P(CCC2C=CC=C2)c2cc(C)cc(C)c2)c1. The zero-order chi connectivity index (χ0) is 17.1. The number of hydrogen-bond donors (Lipinski definition) is 0. The van der Waals surface area contributed by atoms with E-state index in [2.05, 4.69) is 88.4 Å². The van der Waals surface area contributed by atoms with Gasteiger partial charge in [0.25, 0.3) is 0 Å². The molecule has 1 aliphatic carbocycles. The molecule has 0 nitrogen and oxygen atoms in total. The van der Waals surface area contributed by atoms with Crippen LogP contribution < -0.4 is 10.6 Å².